The van der Waals surface area contributed by atoms with E-state index < -0.39 is 17.6 Å². The average molecular weight is 249 g/mol. The maximum atomic E-state index is 13.1. The van der Waals surface area contributed by atoms with Crippen LogP contribution in [0.4, 0.5) is 14.5 Å². The molecule has 0 amide bonds. The summed E-state index contributed by atoms with van der Waals surface area (Å²) in [6.45, 7) is 0. The lowest BCUT2D eigenvalue weighted by atomic mass is 10.0. The summed E-state index contributed by atoms with van der Waals surface area (Å²) >= 11 is 0. The van der Waals surface area contributed by atoms with Gasteiger partial charge in [-0.1, -0.05) is 0 Å². The van der Waals surface area contributed by atoms with Crippen molar-refractivity contribution in [1.29, 1.82) is 0 Å². The molecule has 0 aliphatic carbocycles. The number of anilines is 1. The van der Waals surface area contributed by atoms with E-state index in [2.05, 4.69) is 0 Å². The molecule has 0 spiro atoms. The van der Waals surface area contributed by atoms with Gasteiger partial charge in [-0.3, -0.25) is 0 Å². The molecule has 0 aliphatic heterocycles. The summed E-state index contributed by atoms with van der Waals surface area (Å²) in [5, 5.41) is 8.87. The summed E-state index contributed by atoms with van der Waals surface area (Å²) in [5.41, 5.74) is 6.43. The van der Waals surface area contributed by atoms with E-state index in [-0.39, 0.29) is 22.4 Å². The number of halogens is 2. The molecule has 0 aromatic heterocycles. The van der Waals surface area contributed by atoms with Crippen LogP contribution < -0.4 is 5.73 Å². The van der Waals surface area contributed by atoms with Gasteiger partial charge in [0.1, 0.15) is 11.6 Å². The van der Waals surface area contributed by atoms with E-state index in [1.54, 1.807) is 0 Å². The van der Waals surface area contributed by atoms with Crippen molar-refractivity contribution < 1.29 is 18.7 Å². The molecule has 0 heterocycles. The molecule has 92 valence electrons. The van der Waals surface area contributed by atoms with E-state index in [4.69, 9.17) is 10.8 Å². The zero-order valence-electron chi connectivity index (χ0n) is 9.15. The van der Waals surface area contributed by atoms with Gasteiger partial charge >= 0.3 is 5.97 Å². The van der Waals surface area contributed by atoms with Crippen LogP contribution in [-0.2, 0) is 0 Å². The fourth-order valence-corrected chi connectivity index (χ4v) is 1.65. The first kappa shape index (κ1) is 12.0. The molecule has 18 heavy (non-hydrogen) atoms. The summed E-state index contributed by atoms with van der Waals surface area (Å²) in [6, 6.07) is 6.94. The molecular formula is C13H9F2NO2. The van der Waals surface area contributed by atoms with Gasteiger partial charge < -0.3 is 10.8 Å². The summed E-state index contributed by atoms with van der Waals surface area (Å²) < 4.78 is 26.2. The molecule has 0 atom stereocenters. The Balaban J connectivity index is 2.62. The molecule has 0 aliphatic rings. The quantitative estimate of drug-likeness (QED) is 0.804. The van der Waals surface area contributed by atoms with E-state index in [0.29, 0.717) is 0 Å². The lowest BCUT2D eigenvalue weighted by Gasteiger charge is -2.07. The number of nitrogens with two attached hydrogens (primary N) is 1. The Labute approximate surface area is 101 Å². The predicted molar refractivity (Wildman–Crippen MR) is 63.2 cm³/mol. The van der Waals surface area contributed by atoms with Crippen LogP contribution in [0.25, 0.3) is 11.1 Å². The van der Waals surface area contributed by atoms with E-state index in [1.165, 1.54) is 18.2 Å². The second-order valence-electron chi connectivity index (χ2n) is 3.77. The van der Waals surface area contributed by atoms with Crippen LogP contribution in [0.3, 0.4) is 0 Å². The van der Waals surface area contributed by atoms with Crippen molar-refractivity contribution in [2.45, 2.75) is 0 Å². The second kappa shape index (κ2) is 4.44. The van der Waals surface area contributed by atoms with Crippen LogP contribution in [0, 0.1) is 11.6 Å². The van der Waals surface area contributed by atoms with Gasteiger partial charge in [0.05, 0.1) is 5.56 Å². The first-order chi connectivity index (χ1) is 8.47. The van der Waals surface area contributed by atoms with Gasteiger partial charge in [-0.15, -0.1) is 0 Å². The van der Waals surface area contributed by atoms with Crippen LogP contribution in [0.2, 0.25) is 0 Å². The minimum atomic E-state index is -1.13. The van der Waals surface area contributed by atoms with Gasteiger partial charge in [0.15, 0.2) is 0 Å². The lowest BCUT2D eigenvalue weighted by Crippen LogP contribution is -1.99. The maximum Gasteiger partial charge on any atom is 0.335 e. The molecule has 0 saturated carbocycles. The van der Waals surface area contributed by atoms with Crippen LogP contribution in [0.1, 0.15) is 10.4 Å². The molecule has 0 bridgehead atoms. The first-order valence-electron chi connectivity index (χ1n) is 5.06. The molecule has 3 nitrogen and oxygen atoms in total. The number of nitrogen functional groups attached to an aromatic ring is 1. The lowest BCUT2D eigenvalue weighted by molar-refractivity contribution is 0.0697. The smallest absolute Gasteiger partial charge is 0.335 e. The molecule has 2 rings (SSSR count). The molecule has 0 fully saturated rings. The molecule has 5 heteroatoms. The topological polar surface area (TPSA) is 63.3 Å². The summed E-state index contributed by atoms with van der Waals surface area (Å²) in [7, 11) is 0. The van der Waals surface area contributed by atoms with Crippen molar-refractivity contribution in [1.82, 2.24) is 0 Å². The van der Waals surface area contributed by atoms with Gasteiger partial charge in [-0.05, 0) is 35.9 Å². The number of carboxylic acid groups (broad SMARTS) is 1. The largest absolute Gasteiger partial charge is 0.478 e. The third kappa shape index (κ3) is 2.29. The molecule has 2 aromatic carbocycles. The number of rotatable bonds is 2. The van der Waals surface area contributed by atoms with Crippen LogP contribution in [0.15, 0.2) is 36.4 Å². The Morgan fingerprint density at radius 3 is 2.22 bits per heavy atom. The van der Waals surface area contributed by atoms with Crippen LogP contribution in [-0.4, -0.2) is 11.1 Å². The molecular weight excluding hydrogens is 240 g/mol. The summed E-state index contributed by atoms with van der Waals surface area (Å²) in [6.07, 6.45) is 0. The summed E-state index contributed by atoms with van der Waals surface area (Å²) in [5.74, 6) is -2.62. The molecule has 0 saturated heterocycles. The highest BCUT2D eigenvalue weighted by molar-refractivity contribution is 5.91. The third-order valence-corrected chi connectivity index (χ3v) is 2.47. The molecule has 3 N–H and O–H groups in total. The number of hydrogen-bond donors (Lipinski definition) is 2. The number of aromatic carboxylic acids is 1. The van der Waals surface area contributed by atoms with Crippen molar-refractivity contribution in [2.75, 3.05) is 5.73 Å². The van der Waals surface area contributed by atoms with Crippen LogP contribution in [0.5, 0.6) is 0 Å². The Kier molecular flexibility index (Phi) is 2.97. The van der Waals surface area contributed by atoms with Crippen molar-refractivity contribution in [3.8, 4) is 11.1 Å². The monoisotopic (exact) mass is 249 g/mol. The highest BCUT2D eigenvalue weighted by Crippen LogP contribution is 2.28. The first-order valence-corrected chi connectivity index (χ1v) is 5.06. The number of carbonyl (C=O) groups is 1. The van der Waals surface area contributed by atoms with Gasteiger partial charge in [-0.25, -0.2) is 13.6 Å². The molecule has 0 unspecified atom stereocenters. The highest BCUT2D eigenvalue weighted by Gasteiger charge is 2.10. The Bertz CT molecular complexity index is 606. The second-order valence-corrected chi connectivity index (χ2v) is 3.77. The minimum absolute atomic E-state index is 0.00358. The standard InChI is InChI=1S/C13H9F2NO2/c14-9-3-8(4-10(15)6-9)11-5-7(13(17)18)1-2-12(11)16/h1-6H,16H2,(H,17,18). The van der Waals surface area contributed by atoms with Gasteiger partial charge in [0, 0.05) is 17.3 Å². The number of benzene rings is 2. The van der Waals surface area contributed by atoms with Gasteiger partial charge in [-0.2, -0.15) is 0 Å². The highest BCUT2D eigenvalue weighted by atomic mass is 19.1. The predicted octanol–water partition coefficient (Wildman–Crippen LogP) is 2.91. The zero-order valence-corrected chi connectivity index (χ0v) is 9.15. The van der Waals surface area contributed by atoms with E-state index >= 15 is 0 Å². The maximum absolute atomic E-state index is 13.1. The Morgan fingerprint density at radius 1 is 1.06 bits per heavy atom. The van der Waals surface area contributed by atoms with Crippen molar-refractivity contribution in [3.63, 3.8) is 0 Å². The van der Waals surface area contributed by atoms with E-state index in [9.17, 15) is 13.6 Å². The molecule has 2 aromatic rings. The van der Waals surface area contributed by atoms with Crippen molar-refractivity contribution in [2.24, 2.45) is 0 Å². The van der Waals surface area contributed by atoms with Gasteiger partial charge in [0.2, 0.25) is 0 Å². The van der Waals surface area contributed by atoms with Crippen molar-refractivity contribution in [3.05, 3.63) is 53.6 Å². The SMILES string of the molecule is Nc1ccc(C(=O)O)cc1-c1cc(F)cc(F)c1. The van der Waals surface area contributed by atoms with Gasteiger partial charge in [0.25, 0.3) is 0 Å². The molecule has 0 radical (unpaired) electrons. The normalized spacial score (nSPS) is 10.3. The zero-order chi connectivity index (χ0) is 13.3. The Morgan fingerprint density at radius 2 is 1.67 bits per heavy atom. The average Bonchev–Trinajstić information content (AvgIpc) is 2.27. The Hall–Kier alpha value is -2.43. The number of carboxylic acids is 1. The fourth-order valence-electron chi connectivity index (χ4n) is 1.65. The van der Waals surface area contributed by atoms with E-state index in [1.807, 2.05) is 0 Å². The minimum Gasteiger partial charge on any atom is -0.478 e. The number of hydrogen-bond acceptors (Lipinski definition) is 2. The third-order valence-electron chi connectivity index (χ3n) is 2.47. The summed E-state index contributed by atoms with van der Waals surface area (Å²) in [4.78, 5) is 10.8. The van der Waals surface area contributed by atoms with E-state index in [0.717, 1.165) is 18.2 Å². The van der Waals surface area contributed by atoms with Crippen molar-refractivity contribution >= 4 is 11.7 Å². The van der Waals surface area contributed by atoms with Crippen LogP contribution >= 0.6 is 0 Å². The fraction of sp³-hybridized carbons (Fsp3) is 0.